The van der Waals surface area contributed by atoms with Gasteiger partial charge in [0, 0.05) is 23.0 Å². The van der Waals surface area contributed by atoms with E-state index in [1.54, 1.807) is 13.8 Å². The van der Waals surface area contributed by atoms with Gasteiger partial charge in [-0.05, 0) is 47.9 Å². The second-order valence-corrected chi connectivity index (χ2v) is 12.9. The Morgan fingerprint density at radius 3 is 2.12 bits per heavy atom. The van der Waals surface area contributed by atoms with Crippen LogP contribution in [0.15, 0.2) is 84.9 Å². The highest BCUT2D eigenvalue weighted by Crippen LogP contribution is 2.35. The number of para-hydroxylation sites is 1. The number of benzene rings is 3. The number of hydrogen-bond acceptors (Lipinski definition) is 5. The van der Waals surface area contributed by atoms with Crippen LogP contribution in [0.2, 0.25) is 0 Å². The van der Waals surface area contributed by atoms with Crippen molar-refractivity contribution in [3.63, 3.8) is 0 Å². The van der Waals surface area contributed by atoms with Gasteiger partial charge in [-0.3, -0.25) is 24.0 Å². The Morgan fingerprint density at radius 2 is 1.48 bits per heavy atom. The molecule has 0 fully saturated rings. The molecule has 1 unspecified atom stereocenters. The molecule has 4 atom stereocenters. The molecule has 0 aliphatic heterocycles. The topological polar surface area (TPSA) is 189 Å². The summed E-state index contributed by atoms with van der Waals surface area (Å²) in [6.45, 7) is 3.49. The zero-order valence-electron chi connectivity index (χ0n) is 27.1. The molecule has 8 N–H and O–H groups in total. The number of nitrogens with one attached hydrogen (secondary N) is 4. The number of rotatable bonds is 13. The van der Waals surface area contributed by atoms with Crippen molar-refractivity contribution in [1.82, 2.24) is 20.9 Å². The van der Waals surface area contributed by atoms with Crippen molar-refractivity contribution in [2.75, 3.05) is 0 Å². The molecule has 0 bridgehead atoms. The maximum absolute atomic E-state index is 14.6. The standard InChI is InChI=1S/C37H42N6O5/c1-22(2)32(35(47)41-30(33(39)45)20-31(38)44)42-36(48)37(18-17-29-27(21-37)25-15-9-10-16-28(25)40-29)43-34(46)26(24-13-7-4-8-14-24)19-23-11-5-3-6-12-23/h3-16,22,26,30,32,40H,17-21H2,1-2H3,(H2,38,44)(H2,39,45)(H,41,47)(H,42,48)(H,43,46)/t26?,30-,32-,37+/m0/s1. The minimum Gasteiger partial charge on any atom is -0.370 e. The summed E-state index contributed by atoms with van der Waals surface area (Å²) in [5, 5.41) is 9.50. The highest BCUT2D eigenvalue weighted by Gasteiger charge is 2.46. The summed E-state index contributed by atoms with van der Waals surface area (Å²) in [7, 11) is 0. The molecule has 3 aromatic carbocycles. The number of nitrogens with two attached hydrogens (primary N) is 2. The third-order valence-corrected chi connectivity index (χ3v) is 9.08. The van der Waals surface area contributed by atoms with Crippen molar-refractivity contribution < 1.29 is 24.0 Å². The molecule has 4 aromatic rings. The molecule has 1 heterocycles. The van der Waals surface area contributed by atoms with Gasteiger partial charge in [-0.2, -0.15) is 0 Å². The maximum Gasteiger partial charge on any atom is 0.246 e. The minimum absolute atomic E-state index is 0.189. The summed E-state index contributed by atoms with van der Waals surface area (Å²) >= 11 is 0. The number of aromatic nitrogens is 1. The van der Waals surface area contributed by atoms with Crippen LogP contribution in [0.5, 0.6) is 0 Å². The maximum atomic E-state index is 14.6. The van der Waals surface area contributed by atoms with Gasteiger partial charge >= 0.3 is 0 Å². The molecular formula is C37H42N6O5. The van der Waals surface area contributed by atoms with E-state index in [2.05, 4.69) is 20.9 Å². The van der Waals surface area contributed by atoms with Gasteiger partial charge in [0.05, 0.1) is 12.3 Å². The average molecular weight is 651 g/mol. The number of aryl methyl sites for hydroxylation is 1. The summed E-state index contributed by atoms with van der Waals surface area (Å²) in [5.74, 6) is -4.31. The first-order valence-electron chi connectivity index (χ1n) is 16.2. The molecule has 0 spiro atoms. The van der Waals surface area contributed by atoms with E-state index in [4.69, 9.17) is 11.5 Å². The van der Waals surface area contributed by atoms with Crippen LogP contribution in [0, 0.1) is 5.92 Å². The first-order valence-corrected chi connectivity index (χ1v) is 16.2. The van der Waals surface area contributed by atoms with Crippen molar-refractivity contribution in [3.8, 4) is 0 Å². The largest absolute Gasteiger partial charge is 0.370 e. The molecular weight excluding hydrogens is 608 g/mol. The van der Waals surface area contributed by atoms with Gasteiger partial charge in [0.15, 0.2) is 0 Å². The molecule has 11 nitrogen and oxygen atoms in total. The summed E-state index contributed by atoms with van der Waals surface area (Å²) in [5.41, 5.74) is 13.9. The molecule has 1 aliphatic carbocycles. The van der Waals surface area contributed by atoms with E-state index in [9.17, 15) is 24.0 Å². The molecule has 11 heteroatoms. The highest BCUT2D eigenvalue weighted by molar-refractivity contribution is 5.99. The van der Waals surface area contributed by atoms with Gasteiger partial charge in [-0.15, -0.1) is 0 Å². The van der Waals surface area contributed by atoms with E-state index >= 15 is 0 Å². The number of H-pyrrole nitrogens is 1. The van der Waals surface area contributed by atoms with Crippen LogP contribution >= 0.6 is 0 Å². The Bertz CT molecular complexity index is 1800. The highest BCUT2D eigenvalue weighted by atomic mass is 16.2. The summed E-state index contributed by atoms with van der Waals surface area (Å²) in [4.78, 5) is 69.5. The number of hydrogen-bond donors (Lipinski definition) is 6. The number of fused-ring (bicyclic) bond motifs is 3. The zero-order valence-corrected chi connectivity index (χ0v) is 27.1. The first-order chi connectivity index (χ1) is 23.0. The summed E-state index contributed by atoms with van der Waals surface area (Å²) in [6, 6.07) is 24.5. The summed E-state index contributed by atoms with van der Waals surface area (Å²) < 4.78 is 0. The molecule has 5 amide bonds. The fraction of sp³-hybridized carbons (Fsp3) is 0.324. The van der Waals surface area contributed by atoms with Crippen molar-refractivity contribution in [2.45, 2.75) is 69.5 Å². The molecule has 0 saturated carbocycles. The van der Waals surface area contributed by atoms with Gasteiger partial charge in [0.1, 0.15) is 17.6 Å². The lowest BCUT2D eigenvalue weighted by atomic mass is 9.77. The molecule has 48 heavy (non-hydrogen) atoms. The lowest BCUT2D eigenvalue weighted by Crippen LogP contribution is -2.65. The quantitative estimate of drug-likeness (QED) is 0.129. The van der Waals surface area contributed by atoms with Crippen LogP contribution in [-0.4, -0.2) is 52.1 Å². The average Bonchev–Trinajstić information content (AvgIpc) is 3.43. The Morgan fingerprint density at radius 1 is 0.833 bits per heavy atom. The van der Waals surface area contributed by atoms with Gasteiger partial charge in [-0.1, -0.05) is 92.7 Å². The number of amides is 5. The van der Waals surface area contributed by atoms with E-state index < -0.39 is 59.5 Å². The summed E-state index contributed by atoms with van der Waals surface area (Å²) in [6.07, 6.45) is 0.876. The lowest BCUT2D eigenvalue weighted by Gasteiger charge is -2.39. The van der Waals surface area contributed by atoms with E-state index in [1.807, 2.05) is 84.9 Å². The van der Waals surface area contributed by atoms with Crippen LogP contribution in [0.25, 0.3) is 10.9 Å². The predicted molar refractivity (Wildman–Crippen MR) is 182 cm³/mol. The third-order valence-electron chi connectivity index (χ3n) is 9.08. The van der Waals surface area contributed by atoms with E-state index in [1.165, 1.54) is 0 Å². The Hall–Kier alpha value is -5.45. The number of carbonyl (C=O) groups is 5. The molecule has 5 rings (SSSR count). The molecule has 250 valence electrons. The van der Waals surface area contributed by atoms with E-state index in [-0.39, 0.29) is 18.7 Å². The molecule has 1 aliphatic rings. The van der Waals surface area contributed by atoms with Crippen LogP contribution in [0.3, 0.4) is 0 Å². The molecule has 0 radical (unpaired) electrons. The monoisotopic (exact) mass is 650 g/mol. The van der Waals surface area contributed by atoms with Gasteiger partial charge in [0.25, 0.3) is 0 Å². The van der Waals surface area contributed by atoms with Crippen LogP contribution in [-0.2, 0) is 43.2 Å². The number of carbonyl (C=O) groups excluding carboxylic acids is 5. The van der Waals surface area contributed by atoms with Crippen LogP contribution in [0.1, 0.15) is 55.0 Å². The Kier molecular flexibility index (Phi) is 10.3. The van der Waals surface area contributed by atoms with Crippen LogP contribution in [0.4, 0.5) is 0 Å². The molecule has 1 aromatic heterocycles. The number of aromatic amines is 1. The minimum atomic E-state index is -1.41. The zero-order chi connectivity index (χ0) is 34.4. The Balaban J connectivity index is 1.50. The van der Waals surface area contributed by atoms with Gasteiger partial charge in [0.2, 0.25) is 29.5 Å². The molecule has 0 saturated heterocycles. The number of primary amides is 2. The normalized spacial score (nSPS) is 17.5. The predicted octanol–water partition coefficient (Wildman–Crippen LogP) is 2.52. The first kappa shape index (κ1) is 33.9. The second kappa shape index (κ2) is 14.5. The van der Waals surface area contributed by atoms with Crippen molar-refractivity contribution in [3.05, 3.63) is 107 Å². The third kappa shape index (κ3) is 7.57. The van der Waals surface area contributed by atoms with E-state index in [0.717, 1.165) is 33.3 Å². The smallest absolute Gasteiger partial charge is 0.246 e. The van der Waals surface area contributed by atoms with Crippen LogP contribution < -0.4 is 27.4 Å². The Labute approximate surface area is 279 Å². The van der Waals surface area contributed by atoms with Crippen molar-refractivity contribution >= 4 is 40.4 Å². The lowest BCUT2D eigenvalue weighted by molar-refractivity contribution is -0.138. The van der Waals surface area contributed by atoms with Crippen molar-refractivity contribution in [2.24, 2.45) is 17.4 Å². The van der Waals surface area contributed by atoms with Gasteiger partial charge in [-0.25, -0.2) is 0 Å². The SMILES string of the molecule is CC(C)[C@H](NC(=O)[C@@]1(NC(=O)C(Cc2ccccc2)c2ccccc2)CCc2[nH]c3ccccc3c2C1)C(=O)N[C@@H](CC(N)=O)C(N)=O. The second-order valence-electron chi connectivity index (χ2n) is 12.9. The van der Waals surface area contributed by atoms with Gasteiger partial charge < -0.3 is 32.4 Å². The fourth-order valence-electron chi connectivity index (χ4n) is 6.48. The fourth-order valence-corrected chi connectivity index (χ4v) is 6.48. The van der Waals surface area contributed by atoms with Crippen molar-refractivity contribution in [1.29, 1.82) is 0 Å². The van der Waals surface area contributed by atoms with E-state index in [0.29, 0.717) is 12.8 Å².